The average Bonchev–Trinajstić information content (AvgIpc) is 3.61. The van der Waals surface area contributed by atoms with Crippen LogP contribution < -0.4 is 31.9 Å². The summed E-state index contributed by atoms with van der Waals surface area (Å²) in [6, 6.07) is -7.80. The van der Waals surface area contributed by atoms with Crippen molar-refractivity contribution in [3.63, 3.8) is 0 Å². The van der Waals surface area contributed by atoms with Gasteiger partial charge in [0.05, 0.1) is 6.04 Å². The Bertz CT molecular complexity index is 1520. The molecule has 1 aliphatic heterocycles. The molecule has 0 aliphatic carbocycles. The summed E-state index contributed by atoms with van der Waals surface area (Å²) in [5.74, 6) is -11.7. The van der Waals surface area contributed by atoms with Gasteiger partial charge in [0, 0.05) is 26.3 Å². The summed E-state index contributed by atoms with van der Waals surface area (Å²) in [6.07, 6.45) is -0.729. The topological polar surface area (TPSA) is 324 Å². The number of Topliss-reactive ketones (excluding diaryl/α,β-unsaturated/α-hetero) is 1. The first-order chi connectivity index (χ1) is 26.6. The minimum Gasteiger partial charge on any atom is -0.481 e. The number of carbonyl (C=O) groups is 11. The third kappa shape index (κ3) is 17.4. The summed E-state index contributed by atoms with van der Waals surface area (Å²) >= 11 is 0. The molecular formula is C36H57N7O14. The van der Waals surface area contributed by atoms with Crippen molar-refractivity contribution in [3.05, 3.63) is 0 Å². The lowest BCUT2D eigenvalue weighted by Gasteiger charge is -2.32. The van der Waals surface area contributed by atoms with Gasteiger partial charge >= 0.3 is 17.9 Å². The number of hydrogen-bond donors (Lipinski definition) is 9. The number of nitrogens with one attached hydrogen (secondary N) is 6. The van der Waals surface area contributed by atoms with E-state index in [-0.39, 0.29) is 38.1 Å². The summed E-state index contributed by atoms with van der Waals surface area (Å²) in [6.45, 7) is 8.88. The fourth-order valence-electron chi connectivity index (χ4n) is 6.06. The molecule has 1 heterocycles. The second-order valence-electron chi connectivity index (χ2n) is 14.6. The molecule has 0 aromatic heterocycles. The van der Waals surface area contributed by atoms with Gasteiger partial charge in [-0.15, -0.1) is 0 Å². The molecule has 0 bridgehead atoms. The van der Waals surface area contributed by atoms with E-state index in [1.807, 2.05) is 5.32 Å². The smallest absolute Gasteiger partial charge is 0.322 e. The molecule has 0 spiro atoms. The molecule has 7 amide bonds. The number of amides is 7. The van der Waals surface area contributed by atoms with E-state index >= 15 is 0 Å². The van der Waals surface area contributed by atoms with Crippen LogP contribution in [-0.4, -0.2) is 135 Å². The van der Waals surface area contributed by atoms with Crippen molar-refractivity contribution in [1.29, 1.82) is 0 Å². The lowest BCUT2D eigenvalue weighted by molar-refractivity contribution is -0.144. The Hall–Kier alpha value is -5.63. The molecule has 0 aromatic rings. The quantitative estimate of drug-likeness (QED) is 0.0471. The van der Waals surface area contributed by atoms with Crippen molar-refractivity contribution >= 4 is 65.0 Å². The number of carboxylic acid groups (broad SMARTS) is 3. The zero-order chi connectivity index (χ0) is 43.6. The van der Waals surface area contributed by atoms with Crippen LogP contribution in [0.5, 0.6) is 0 Å². The van der Waals surface area contributed by atoms with E-state index in [9.17, 15) is 57.8 Å². The van der Waals surface area contributed by atoms with Gasteiger partial charge in [-0.1, -0.05) is 41.0 Å². The SMILES string of the molecule is CCCC(NC(=O)[C@@H]1CCCN1C(=O)[C@H](CC(C)C)NC(=O)[C@@H](NC(=O)[C@H](CCC(=O)O)NC(=O)[C@H](CCC(=O)O)NC(C)=O)C(C)C)C(=O)C(=O)NCC(=O)O. The Balaban J connectivity index is 3.27. The van der Waals surface area contributed by atoms with E-state index in [0.29, 0.717) is 12.8 Å². The summed E-state index contributed by atoms with van der Waals surface area (Å²) in [5, 5.41) is 41.5. The molecule has 6 atom stereocenters. The predicted molar refractivity (Wildman–Crippen MR) is 199 cm³/mol. The molecule has 320 valence electrons. The second kappa shape index (κ2) is 24.1. The number of rotatable bonds is 25. The first kappa shape index (κ1) is 49.4. The molecule has 0 saturated carbocycles. The van der Waals surface area contributed by atoms with Crippen molar-refractivity contribution in [2.45, 2.75) is 136 Å². The Kier molecular flexibility index (Phi) is 20.9. The normalized spacial score (nSPS) is 16.3. The Morgan fingerprint density at radius 1 is 0.667 bits per heavy atom. The molecule has 9 N–H and O–H groups in total. The standard InChI is InChI=1S/C36H57N7O14/c1-7-9-21(30(51)35(56)37-17-28(49)50)39-33(54)25-10-8-15-43(25)36(57)24(16-18(2)3)41-34(55)29(19(4)5)42-32(53)23(12-14-27(47)48)40-31(52)22(38-20(6)44)11-13-26(45)46/h18-19,21-25,29H,7-17H2,1-6H3,(H,37,56)(H,38,44)(H,39,54)(H,40,52)(H,41,55)(H,42,53)(H,45,46)(H,47,48)(H,49,50)/t21?,22-,23-,24-,25-,29-/m0/s1. The minimum absolute atomic E-state index is 0.0571. The Morgan fingerprint density at radius 3 is 1.70 bits per heavy atom. The van der Waals surface area contributed by atoms with Gasteiger partial charge in [-0.2, -0.15) is 0 Å². The van der Waals surface area contributed by atoms with Crippen LogP contribution in [0.15, 0.2) is 0 Å². The molecule has 21 nitrogen and oxygen atoms in total. The van der Waals surface area contributed by atoms with E-state index in [1.54, 1.807) is 34.6 Å². The van der Waals surface area contributed by atoms with E-state index < -0.39 is 133 Å². The number of carbonyl (C=O) groups excluding carboxylic acids is 8. The lowest BCUT2D eigenvalue weighted by Crippen LogP contribution is -2.60. The highest BCUT2D eigenvalue weighted by molar-refractivity contribution is 6.38. The zero-order valence-corrected chi connectivity index (χ0v) is 33.2. The van der Waals surface area contributed by atoms with Crippen LogP contribution in [0.2, 0.25) is 0 Å². The van der Waals surface area contributed by atoms with Gasteiger partial charge in [-0.25, -0.2) is 0 Å². The maximum atomic E-state index is 14.1. The van der Waals surface area contributed by atoms with Crippen molar-refractivity contribution in [2.24, 2.45) is 11.8 Å². The number of aliphatic carboxylic acids is 3. The Labute approximate surface area is 330 Å². The highest BCUT2D eigenvalue weighted by Crippen LogP contribution is 2.21. The second-order valence-corrected chi connectivity index (χ2v) is 14.6. The minimum atomic E-state index is -1.53. The molecule has 1 unspecified atom stereocenters. The molecule has 0 aromatic carbocycles. The molecule has 57 heavy (non-hydrogen) atoms. The van der Waals surface area contributed by atoms with Crippen LogP contribution in [0.1, 0.15) is 99.3 Å². The Morgan fingerprint density at radius 2 is 1.21 bits per heavy atom. The molecule has 0 radical (unpaired) electrons. The van der Waals surface area contributed by atoms with Gasteiger partial charge in [0.1, 0.15) is 36.8 Å². The van der Waals surface area contributed by atoms with Crippen LogP contribution in [0.4, 0.5) is 0 Å². The maximum absolute atomic E-state index is 14.1. The summed E-state index contributed by atoms with van der Waals surface area (Å²) in [7, 11) is 0. The van der Waals surface area contributed by atoms with Crippen LogP contribution >= 0.6 is 0 Å². The summed E-state index contributed by atoms with van der Waals surface area (Å²) in [5.41, 5.74) is 0. The first-order valence-corrected chi connectivity index (χ1v) is 18.9. The van der Waals surface area contributed by atoms with Gasteiger partial charge in [0.2, 0.25) is 41.2 Å². The molecule has 21 heteroatoms. The monoisotopic (exact) mass is 811 g/mol. The number of likely N-dealkylation sites (tertiary alicyclic amines) is 1. The number of nitrogens with zero attached hydrogens (tertiary/aromatic N) is 1. The van der Waals surface area contributed by atoms with Crippen LogP contribution in [-0.2, 0) is 52.7 Å². The van der Waals surface area contributed by atoms with E-state index in [2.05, 4.69) is 26.6 Å². The summed E-state index contributed by atoms with van der Waals surface area (Å²) in [4.78, 5) is 139. The van der Waals surface area contributed by atoms with E-state index in [4.69, 9.17) is 10.2 Å². The van der Waals surface area contributed by atoms with Gasteiger partial charge in [-0.05, 0) is 50.4 Å². The first-order valence-electron chi connectivity index (χ1n) is 18.9. The van der Waals surface area contributed by atoms with Crippen molar-refractivity contribution in [1.82, 2.24) is 36.8 Å². The maximum Gasteiger partial charge on any atom is 0.322 e. The largest absolute Gasteiger partial charge is 0.481 e. The molecular weight excluding hydrogens is 754 g/mol. The third-order valence-electron chi connectivity index (χ3n) is 8.86. The average molecular weight is 812 g/mol. The van der Waals surface area contributed by atoms with Crippen molar-refractivity contribution < 1.29 is 68.1 Å². The lowest BCUT2D eigenvalue weighted by atomic mass is 9.98. The number of carboxylic acids is 3. The third-order valence-corrected chi connectivity index (χ3v) is 8.86. The summed E-state index contributed by atoms with van der Waals surface area (Å²) < 4.78 is 0. The van der Waals surface area contributed by atoms with Gasteiger partial charge in [0.25, 0.3) is 5.91 Å². The van der Waals surface area contributed by atoms with E-state index in [1.165, 1.54) is 4.90 Å². The van der Waals surface area contributed by atoms with E-state index in [0.717, 1.165) is 6.92 Å². The molecule has 1 fully saturated rings. The zero-order valence-electron chi connectivity index (χ0n) is 33.2. The molecule has 1 saturated heterocycles. The molecule has 1 aliphatic rings. The van der Waals surface area contributed by atoms with Crippen molar-refractivity contribution in [2.75, 3.05) is 13.1 Å². The number of ketones is 1. The van der Waals surface area contributed by atoms with Gasteiger partial charge in [-0.3, -0.25) is 52.7 Å². The van der Waals surface area contributed by atoms with Gasteiger partial charge in [0.15, 0.2) is 0 Å². The van der Waals surface area contributed by atoms with Crippen molar-refractivity contribution in [3.8, 4) is 0 Å². The fraction of sp³-hybridized carbons (Fsp3) is 0.694. The van der Waals surface area contributed by atoms with Gasteiger partial charge < -0.3 is 52.1 Å². The predicted octanol–water partition coefficient (Wildman–Crippen LogP) is -1.58. The van der Waals surface area contributed by atoms with Crippen LogP contribution in [0.25, 0.3) is 0 Å². The van der Waals surface area contributed by atoms with Crippen LogP contribution in [0.3, 0.4) is 0 Å². The number of hydrogen-bond acceptors (Lipinski definition) is 11. The fourth-order valence-corrected chi connectivity index (χ4v) is 6.06. The van der Waals surface area contributed by atoms with Crippen LogP contribution in [0, 0.1) is 11.8 Å². The molecule has 1 rings (SSSR count). The highest BCUT2D eigenvalue weighted by Gasteiger charge is 2.40. The highest BCUT2D eigenvalue weighted by atomic mass is 16.4.